The van der Waals surface area contributed by atoms with Gasteiger partial charge in [-0.25, -0.2) is 4.68 Å². The predicted molar refractivity (Wildman–Crippen MR) is 92.4 cm³/mol. The minimum Gasteiger partial charge on any atom is -0.311 e. The third-order valence-corrected chi connectivity index (χ3v) is 5.21. The number of aromatic nitrogens is 2. The van der Waals surface area contributed by atoms with Gasteiger partial charge < -0.3 is 10.2 Å². The topological polar surface area (TPSA) is 50.2 Å². The van der Waals surface area contributed by atoms with Crippen molar-refractivity contribution < 1.29 is 4.79 Å². The molecular weight excluding hydrogens is 288 g/mol. The highest BCUT2D eigenvalue weighted by Crippen LogP contribution is 2.31. The highest BCUT2D eigenvalue weighted by atomic mass is 16.1. The summed E-state index contributed by atoms with van der Waals surface area (Å²) in [6.07, 6.45) is 8.55. The molecule has 2 atom stereocenters. The fraction of sp³-hybridized carbons (Fsp3) is 0.778. The van der Waals surface area contributed by atoms with E-state index in [-0.39, 0.29) is 5.91 Å². The van der Waals surface area contributed by atoms with E-state index in [0.29, 0.717) is 12.5 Å². The van der Waals surface area contributed by atoms with E-state index in [2.05, 4.69) is 29.2 Å². The fourth-order valence-corrected chi connectivity index (χ4v) is 4.29. The number of hydrogen-bond acceptors (Lipinski definition) is 3. The number of hydrogen-bond donors (Lipinski definition) is 1. The molecule has 23 heavy (non-hydrogen) atoms. The first kappa shape index (κ1) is 16.5. The van der Waals surface area contributed by atoms with Gasteiger partial charge in [-0.3, -0.25) is 4.79 Å². The molecule has 1 aromatic heterocycles. The molecule has 1 aliphatic carbocycles. The Balaban J connectivity index is 1.49. The van der Waals surface area contributed by atoms with Crippen molar-refractivity contribution in [2.45, 2.75) is 58.4 Å². The second-order valence-corrected chi connectivity index (χ2v) is 7.60. The number of likely N-dealkylation sites (tertiary alicyclic amines) is 1. The number of amides is 1. The minimum atomic E-state index is 0.107. The van der Waals surface area contributed by atoms with Crippen LogP contribution in [0.5, 0.6) is 0 Å². The molecule has 0 aromatic carbocycles. The van der Waals surface area contributed by atoms with Crippen molar-refractivity contribution in [3.63, 3.8) is 0 Å². The summed E-state index contributed by atoms with van der Waals surface area (Å²) in [4.78, 5) is 14.7. The third-order valence-electron chi connectivity index (χ3n) is 5.21. The largest absolute Gasteiger partial charge is 0.311 e. The minimum absolute atomic E-state index is 0.107. The molecular formula is C18H30N4O. The first-order chi connectivity index (χ1) is 11.1. The zero-order valence-corrected chi connectivity index (χ0v) is 14.5. The lowest BCUT2D eigenvalue weighted by Crippen LogP contribution is -2.40. The fourth-order valence-electron chi connectivity index (χ4n) is 4.29. The lowest BCUT2D eigenvalue weighted by molar-refractivity contribution is -0.116. The molecule has 2 aliphatic rings. The van der Waals surface area contributed by atoms with Gasteiger partial charge in [-0.15, -0.1) is 0 Å². The van der Waals surface area contributed by atoms with Crippen LogP contribution in [0.1, 0.15) is 58.4 Å². The van der Waals surface area contributed by atoms with Crippen LogP contribution in [0, 0.1) is 11.8 Å². The van der Waals surface area contributed by atoms with Gasteiger partial charge in [-0.05, 0) is 31.1 Å². The van der Waals surface area contributed by atoms with E-state index >= 15 is 0 Å². The lowest BCUT2D eigenvalue weighted by Gasteiger charge is -2.34. The number of piperidine rings is 1. The van der Waals surface area contributed by atoms with E-state index in [1.54, 1.807) is 6.20 Å². The van der Waals surface area contributed by atoms with Crippen LogP contribution in [-0.4, -0.2) is 40.2 Å². The normalized spacial score (nSPS) is 26.5. The second kappa shape index (κ2) is 7.47. The molecule has 0 spiro atoms. The zero-order chi connectivity index (χ0) is 16.2. The SMILES string of the molecule is C[C@@H]1C[C@H](C)CN(CCC(=O)Nc2ccnn2C2CCCC2)C1. The summed E-state index contributed by atoms with van der Waals surface area (Å²) in [5.41, 5.74) is 0. The summed E-state index contributed by atoms with van der Waals surface area (Å²) in [7, 11) is 0. The maximum atomic E-state index is 12.3. The monoisotopic (exact) mass is 318 g/mol. The molecule has 0 radical (unpaired) electrons. The van der Waals surface area contributed by atoms with Crippen molar-refractivity contribution in [3.05, 3.63) is 12.3 Å². The van der Waals surface area contributed by atoms with Crippen LogP contribution < -0.4 is 5.32 Å². The second-order valence-electron chi connectivity index (χ2n) is 7.60. The van der Waals surface area contributed by atoms with Crippen molar-refractivity contribution in [1.82, 2.24) is 14.7 Å². The Morgan fingerprint density at radius 2 is 1.96 bits per heavy atom. The van der Waals surface area contributed by atoms with E-state index in [9.17, 15) is 4.79 Å². The van der Waals surface area contributed by atoms with Crippen LogP contribution in [0.15, 0.2) is 12.3 Å². The van der Waals surface area contributed by atoms with Crippen LogP contribution in [0.25, 0.3) is 0 Å². The molecule has 1 aromatic rings. The van der Waals surface area contributed by atoms with E-state index < -0.39 is 0 Å². The average molecular weight is 318 g/mol. The summed E-state index contributed by atoms with van der Waals surface area (Å²) in [5, 5.41) is 7.48. The Labute approximate surface area is 139 Å². The van der Waals surface area contributed by atoms with Crippen molar-refractivity contribution >= 4 is 11.7 Å². The highest BCUT2D eigenvalue weighted by Gasteiger charge is 2.23. The van der Waals surface area contributed by atoms with E-state index in [1.165, 1.54) is 32.1 Å². The lowest BCUT2D eigenvalue weighted by atomic mass is 9.92. The Kier molecular flexibility index (Phi) is 5.36. The summed E-state index contributed by atoms with van der Waals surface area (Å²) >= 11 is 0. The zero-order valence-electron chi connectivity index (χ0n) is 14.5. The molecule has 1 N–H and O–H groups in total. The Bertz CT molecular complexity index is 511. The first-order valence-electron chi connectivity index (χ1n) is 9.17. The standard InChI is InChI=1S/C18H30N4O/c1-14-11-15(2)13-21(12-14)10-8-18(23)20-17-7-9-19-22(17)16-5-3-4-6-16/h7,9,14-16H,3-6,8,10-13H2,1-2H3,(H,20,23)/t14-,15+. The molecule has 128 valence electrons. The molecule has 5 nitrogen and oxygen atoms in total. The van der Waals surface area contributed by atoms with E-state index in [0.717, 1.165) is 37.3 Å². The third kappa shape index (κ3) is 4.34. The van der Waals surface area contributed by atoms with Crippen LogP contribution in [0.2, 0.25) is 0 Å². The molecule has 1 saturated heterocycles. The maximum Gasteiger partial charge on any atom is 0.226 e. The van der Waals surface area contributed by atoms with Gasteiger partial charge in [0, 0.05) is 32.1 Å². The van der Waals surface area contributed by atoms with Gasteiger partial charge in [0.25, 0.3) is 0 Å². The molecule has 3 rings (SSSR count). The van der Waals surface area contributed by atoms with Gasteiger partial charge in [0.2, 0.25) is 5.91 Å². The molecule has 1 amide bonds. The van der Waals surface area contributed by atoms with Gasteiger partial charge in [-0.2, -0.15) is 5.10 Å². The number of carbonyl (C=O) groups is 1. The van der Waals surface area contributed by atoms with Gasteiger partial charge in [0.05, 0.1) is 12.2 Å². The van der Waals surface area contributed by atoms with Crippen molar-refractivity contribution in [1.29, 1.82) is 0 Å². The van der Waals surface area contributed by atoms with Crippen LogP contribution in [0.3, 0.4) is 0 Å². The van der Waals surface area contributed by atoms with Crippen LogP contribution >= 0.6 is 0 Å². The Morgan fingerprint density at radius 1 is 1.26 bits per heavy atom. The summed E-state index contributed by atoms with van der Waals surface area (Å²) < 4.78 is 2.01. The van der Waals surface area contributed by atoms with Crippen LogP contribution in [0.4, 0.5) is 5.82 Å². The molecule has 1 aliphatic heterocycles. The quantitative estimate of drug-likeness (QED) is 0.906. The highest BCUT2D eigenvalue weighted by molar-refractivity contribution is 5.89. The summed E-state index contributed by atoms with van der Waals surface area (Å²) in [5.74, 6) is 2.45. The van der Waals surface area contributed by atoms with Gasteiger partial charge >= 0.3 is 0 Å². The number of carbonyl (C=O) groups excluding carboxylic acids is 1. The van der Waals surface area contributed by atoms with E-state index in [1.807, 2.05) is 10.7 Å². The number of rotatable bonds is 5. The smallest absolute Gasteiger partial charge is 0.226 e. The summed E-state index contributed by atoms with van der Waals surface area (Å²) in [6, 6.07) is 2.38. The van der Waals surface area contributed by atoms with Crippen LogP contribution in [-0.2, 0) is 4.79 Å². The Morgan fingerprint density at radius 3 is 2.65 bits per heavy atom. The number of nitrogens with one attached hydrogen (secondary N) is 1. The molecule has 1 saturated carbocycles. The van der Waals surface area contributed by atoms with Crippen molar-refractivity contribution in [2.75, 3.05) is 25.0 Å². The average Bonchev–Trinajstić information content (AvgIpc) is 3.14. The molecule has 2 heterocycles. The number of anilines is 1. The molecule has 0 unspecified atom stereocenters. The molecule has 5 heteroatoms. The van der Waals surface area contributed by atoms with Crippen molar-refractivity contribution in [2.24, 2.45) is 11.8 Å². The first-order valence-corrected chi connectivity index (χ1v) is 9.17. The maximum absolute atomic E-state index is 12.3. The number of nitrogens with zero attached hydrogens (tertiary/aromatic N) is 3. The van der Waals surface area contributed by atoms with Gasteiger partial charge in [0.1, 0.15) is 5.82 Å². The van der Waals surface area contributed by atoms with E-state index in [4.69, 9.17) is 0 Å². The van der Waals surface area contributed by atoms with Gasteiger partial charge in [0.15, 0.2) is 0 Å². The summed E-state index contributed by atoms with van der Waals surface area (Å²) in [6.45, 7) is 7.72. The molecule has 2 fully saturated rings. The molecule has 0 bridgehead atoms. The van der Waals surface area contributed by atoms with Gasteiger partial charge in [-0.1, -0.05) is 26.7 Å². The van der Waals surface area contributed by atoms with Crippen molar-refractivity contribution in [3.8, 4) is 0 Å². The predicted octanol–water partition coefficient (Wildman–Crippen LogP) is 3.30. The Hall–Kier alpha value is -1.36.